The van der Waals surface area contributed by atoms with E-state index >= 15 is 0 Å². The molecule has 0 spiro atoms. The van der Waals surface area contributed by atoms with Crippen molar-refractivity contribution in [3.63, 3.8) is 0 Å². The lowest BCUT2D eigenvalue weighted by Crippen LogP contribution is -2.34. The van der Waals surface area contributed by atoms with Crippen molar-refractivity contribution in [3.8, 4) is 5.75 Å². The van der Waals surface area contributed by atoms with Crippen LogP contribution in [-0.2, 0) is 4.74 Å². The number of hydrogen-bond donors (Lipinski definition) is 1. The van der Waals surface area contributed by atoms with Gasteiger partial charge in [0.25, 0.3) is 0 Å². The number of nitrogens with one attached hydrogen (secondary N) is 1. The van der Waals surface area contributed by atoms with E-state index in [0.29, 0.717) is 19.8 Å². The van der Waals surface area contributed by atoms with Crippen molar-refractivity contribution in [1.82, 2.24) is 5.32 Å². The second-order valence-electron chi connectivity index (χ2n) is 4.12. The molecular formula is C12H13F4NO2. The van der Waals surface area contributed by atoms with Gasteiger partial charge in [0.2, 0.25) is 0 Å². The Hall–Kier alpha value is -1.34. The normalized spacial score (nSPS) is 20.6. The highest BCUT2D eigenvalue weighted by atomic mass is 19.3. The summed E-state index contributed by atoms with van der Waals surface area (Å²) < 4.78 is 58.5. The average Bonchev–Trinajstić information content (AvgIpc) is 2.40. The third-order valence-corrected chi connectivity index (χ3v) is 2.71. The van der Waals surface area contributed by atoms with Gasteiger partial charge in [-0.15, -0.1) is 0 Å². The molecule has 0 radical (unpaired) electrons. The monoisotopic (exact) mass is 279 g/mol. The Morgan fingerprint density at radius 1 is 1.26 bits per heavy atom. The van der Waals surface area contributed by atoms with Crippen LogP contribution < -0.4 is 10.1 Å². The number of benzene rings is 1. The van der Waals surface area contributed by atoms with Gasteiger partial charge in [-0.3, -0.25) is 0 Å². The van der Waals surface area contributed by atoms with Gasteiger partial charge in [-0.05, 0) is 17.7 Å². The molecule has 0 amide bonds. The third-order valence-electron chi connectivity index (χ3n) is 2.71. The van der Waals surface area contributed by atoms with E-state index in [0.717, 1.165) is 5.56 Å². The summed E-state index contributed by atoms with van der Waals surface area (Å²) in [6, 6.07) is 5.54. The summed E-state index contributed by atoms with van der Waals surface area (Å²) in [4.78, 5) is 0. The van der Waals surface area contributed by atoms with Crippen molar-refractivity contribution in [3.05, 3.63) is 29.8 Å². The molecule has 1 aromatic carbocycles. The lowest BCUT2D eigenvalue weighted by atomic mass is 10.1. The first-order valence-electron chi connectivity index (χ1n) is 5.75. The minimum atomic E-state index is -4.48. The van der Waals surface area contributed by atoms with Gasteiger partial charge in [0, 0.05) is 6.54 Å². The first kappa shape index (κ1) is 14.1. The van der Waals surface area contributed by atoms with Crippen LogP contribution in [0, 0.1) is 0 Å². The van der Waals surface area contributed by atoms with Gasteiger partial charge in [0.15, 0.2) is 0 Å². The maximum absolute atomic E-state index is 12.7. The zero-order valence-electron chi connectivity index (χ0n) is 9.91. The minimum Gasteiger partial charge on any atom is -0.428 e. The summed E-state index contributed by atoms with van der Waals surface area (Å²) in [5.41, 5.74) is 0.826. The van der Waals surface area contributed by atoms with Gasteiger partial charge >= 0.3 is 12.5 Å². The first-order chi connectivity index (χ1) is 8.99. The van der Waals surface area contributed by atoms with Crippen molar-refractivity contribution >= 4 is 0 Å². The van der Waals surface area contributed by atoms with Crippen LogP contribution in [0.5, 0.6) is 5.75 Å². The van der Waals surface area contributed by atoms with Crippen molar-refractivity contribution < 1.29 is 27.0 Å². The summed E-state index contributed by atoms with van der Waals surface area (Å²) in [5, 5.41) is 3.19. The minimum absolute atomic E-state index is 0.0293. The van der Waals surface area contributed by atoms with E-state index in [1.54, 1.807) is 12.1 Å². The summed E-state index contributed by atoms with van der Waals surface area (Å²) in [6.07, 6.45) is -8.34. The third kappa shape index (κ3) is 3.57. The molecule has 0 aromatic heterocycles. The smallest absolute Gasteiger partial charge is 0.428 e. The van der Waals surface area contributed by atoms with E-state index in [2.05, 4.69) is 10.1 Å². The molecule has 3 nitrogen and oxygen atoms in total. The summed E-state index contributed by atoms with van der Waals surface area (Å²) in [7, 11) is 0. The Kier molecular flexibility index (Phi) is 4.26. The zero-order chi connectivity index (χ0) is 13.9. The fourth-order valence-electron chi connectivity index (χ4n) is 1.75. The Bertz CT molecular complexity index is 405. The van der Waals surface area contributed by atoms with E-state index in [1.807, 2.05) is 0 Å². The molecule has 0 saturated carbocycles. The van der Waals surface area contributed by atoms with Crippen LogP contribution in [0.1, 0.15) is 11.6 Å². The Balaban J connectivity index is 2.02. The molecule has 19 heavy (non-hydrogen) atoms. The molecule has 1 saturated heterocycles. The predicted octanol–water partition coefficient (Wildman–Crippen LogP) is 2.58. The van der Waals surface area contributed by atoms with Crippen LogP contribution >= 0.6 is 0 Å². The number of ether oxygens (including phenoxy) is 2. The number of morpholine rings is 1. The number of alkyl halides is 4. The fraction of sp³-hybridized carbons (Fsp3) is 0.500. The van der Waals surface area contributed by atoms with Crippen molar-refractivity contribution in [2.75, 3.05) is 19.8 Å². The molecule has 1 heterocycles. The molecular weight excluding hydrogens is 266 g/mol. The van der Waals surface area contributed by atoms with Crippen LogP contribution in [0.4, 0.5) is 17.6 Å². The second kappa shape index (κ2) is 5.75. The molecule has 1 aliphatic rings. The van der Waals surface area contributed by atoms with E-state index < -0.39 is 12.5 Å². The number of rotatable bonds is 4. The van der Waals surface area contributed by atoms with Gasteiger partial charge in [-0.2, -0.15) is 17.6 Å². The van der Waals surface area contributed by atoms with Crippen LogP contribution in [0.25, 0.3) is 0 Å². The number of hydrogen-bond acceptors (Lipinski definition) is 3. The van der Waals surface area contributed by atoms with Crippen molar-refractivity contribution in [1.29, 1.82) is 0 Å². The molecule has 1 aliphatic heterocycles. The molecule has 1 aromatic rings. The summed E-state index contributed by atoms with van der Waals surface area (Å²) in [6.45, 7) is 1.80. The zero-order valence-corrected chi connectivity index (χ0v) is 9.91. The SMILES string of the molecule is FC(F)C(F)(F)Oc1ccc([C@@H]2COCCN2)cc1. The Labute approximate surface area is 107 Å². The van der Waals surface area contributed by atoms with Gasteiger partial charge < -0.3 is 14.8 Å². The maximum atomic E-state index is 12.7. The maximum Gasteiger partial charge on any atom is 0.461 e. The lowest BCUT2D eigenvalue weighted by Gasteiger charge is -2.24. The number of halogens is 4. The first-order valence-corrected chi connectivity index (χ1v) is 5.75. The summed E-state index contributed by atoms with van der Waals surface area (Å²) in [5.74, 6) is -0.300. The molecule has 1 atom stereocenters. The van der Waals surface area contributed by atoms with E-state index in [4.69, 9.17) is 4.74 Å². The molecule has 0 unspecified atom stereocenters. The highest BCUT2D eigenvalue weighted by molar-refractivity contribution is 5.29. The molecule has 2 rings (SSSR count). The largest absolute Gasteiger partial charge is 0.461 e. The highest BCUT2D eigenvalue weighted by Crippen LogP contribution is 2.28. The summed E-state index contributed by atoms with van der Waals surface area (Å²) >= 11 is 0. The van der Waals surface area contributed by atoms with Gasteiger partial charge in [-0.1, -0.05) is 12.1 Å². The van der Waals surface area contributed by atoms with Crippen molar-refractivity contribution in [2.24, 2.45) is 0 Å². The fourth-order valence-corrected chi connectivity index (χ4v) is 1.75. The van der Waals surface area contributed by atoms with E-state index in [-0.39, 0.29) is 11.8 Å². The molecule has 1 N–H and O–H groups in total. The average molecular weight is 279 g/mol. The lowest BCUT2D eigenvalue weighted by molar-refractivity contribution is -0.253. The van der Waals surface area contributed by atoms with Gasteiger partial charge in [0.1, 0.15) is 5.75 Å². The topological polar surface area (TPSA) is 30.5 Å². The van der Waals surface area contributed by atoms with Crippen LogP contribution in [-0.4, -0.2) is 32.3 Å². The molecule has 0 bridgehead atoms. The van der Waals surface area contributed by atoms with E-state index in [9.17, 15) is 17.6 Å². The Morgan fingerprint density at radius 2 is 1.95 bits per heavy atom. The van der Waals surface area contributed by atoms with Crippen LogP contribution in [0.15, 0.2) is 24.3 Å². The highest BCUT2D eigenvalue weighted by Gasteiger charge is 2.43. The quantitative estimate of drug-likeness (QED) is 0.859. The standard InChI is InChI=1S/C12H13F4NO2/c13-11(14)12(15,16)19-9-3-1-8(2-4-9)10-7-18-6-5-17-10/h1-4,10-11,17H,5-7H2/t10-/m0/s1. The van der Waals surface area contributed by atoms with Gasteiger partial charge in [0.05, 0.1) is 19.3 Å². The molecule has 106 valence electrons. The second-order valence-corrected chi connectivity index (χ2v) is 4.12. The Morgan fingerprint density at radius 3 is 2.47 bits per heavy atom. The predicted molar refractivity (Wildman–Crippen MR) is 59.6 cm³/mol. The van der Waals surface area contributed by atoms with Gasteiger partial charge in [-0.25, -0.2) is 0 Å². The van der Waals surface area contributed by atoms with Crippen LogP contribution in [0.2, 0.25) is 0 Å². The van der Waals surface area contributed by atoms with Crippen LogP contribution in [0.3, 0.4) is 0 Å². The van der Waals surface area contributed by atoms with E-state index in [1.165, 1.54) is 12.1 Å². The van der Waals surface area contributed by atoms with Crippen molar-refractivity contribution in [2.45, 2.75) is 18.6 Å². The molecule has 1 fully saturated rings. The molecule has 7 heteroatoms. The molecule has 0 aliphatic carbocycles.